The lowest BCUT2D eigenvalue weighted by atomic mass is 9.97. The summed E-state index contributed by atoms with van der Waals surface area (Å²) in [6.45, 7) is 6.05. The molecule has 0 radical (unpaired) electrons. The minimum Gasteiger partial charge on any atom is -0.467 e. The first-order valence-corrected chi connectivity index (χ1v) is 9.48. The number of nitrogens with one attached hydrogen (secondary N) is 1. The zero-order chi connectivity index (χ0) is 20.5. The minimum absolute atomic E-state index is 0.0954. The normalized spacial score (nSPS) is 14.1. The number of hydrogen-bond donors (Lipinski definition) is 1. The number of imide groups is 1. The number of carbonyl (C=O) groups excluding carboxylic acids is 2. The van der Waals surface area contributed by atoms with Crippen LogP contribution in [-0.4, -0.2) is 16.7 Å². The molecule has 146 valence electrons. The fourth-order valence-corrected chi connectivity index (χ4v) is 3.52. The Hall–Kier alpha value is -3.60. The van der Waals surface area contributed by atoms with E-state index in [1.54, 1.807) is 12.1 Å². The van der Waals surface area contributed by atoms with Crippen molar-refractivity contribution >= 4 is 23.1 Å². The number of carbonyl (C=O) groups is 2. The molecule has 0 saturated carbocycles. The van der Waals surface area contributed by atoms with Crippen LogP contribution in [0.1, 0.15) is 28.0 Å². The van der Waals surface area contributed by atoms with Gasteiger partial charge in [-0.2, -0.15) is 0 Å². The Morgan fingerprint density at radius 3 is 2.28 bits per heavy atom. The Labute approximate surface area is 169 Å². The predicted molar refractivity (Wildman–Crippen MR) is 112 cm³/mol. The van der Waals surface area contributed by atoms with Gasteiger partial charge in [-0.3, -0.25) is 14.5 Å². The summed E-state index contributed by atoms with van der Waals surface area (Å²) in [6.07, 6.45) is 1.53. The molecule has 4 rings (SSSR count). The highest BCUT2D eigenvalue weighted by molar-refractivity contribution is 6.36. The molecule has 5 nitrogen and oxygen atoms in total. The number of furan rings is 1. The molecule has 0 atom stereocenters. The molecule has 1 aliphatic rings. The third kappa shape index (κ3) is 3.59. The van der Waals surface area contributed by atoms with Crippen molar-refractivity contribution in [3.63, 3.8) is 0 Å². The Morgan fingerprint density at radius 1 is 0.897 bits per heavy atom. The summed E-state index contributed by atoms with van der Waals surface area (Å²) in [6, 6.07) is 17.1. The van der Waals surface area contributed by atoms with Crippen LogP contribution in [0, 0.1) is 20.8 Å². The number of nitrogens with zero attached hydrogens (tertiary/aromatic N) is 1. The summed E-state index contributed by atoms with van der Waals surface area (Å²) in [5.74, 6) is -0.127. The van der Waals surface area contributed by atoms with Gasteiger partial charge in [-0.05, 0) is 56.2 Å². The molecule has 29 heavy (non-hydrogen) atoms. The van der Waals surface area contributed by atoms with Crippen molar-refractivity contribution in [2.24, 2.45) is 0 Å². The van der Waals surface area contributed by atoms with Crippen molar-refractivity contribution in [3.05, 3.63) is 94.6 Å². The van der Waals surface area contributed by atoms with Gasteiger partial charge in [0.25, 0.3) is 11.8 Å². The maximum atomic E-state index is 13.3. The van der Waals surface area contributed by atoms with Gasteiger partial charge in [0.2, 0.25) is 0 Å². The fourth-order valence-electron chi connectivity index (χ4n) is 3.52. The molecule has 5 heteroatoms. The molecule has 0 spiro atoms. The maximum Gasteiger partial charge on any atom is 0.278 e. The first-order chi connectivity index (χ1) is 13.9. The SMILES string of the molecule is Cc1ccc(NC2=C(c3ccc(C)cc3C)C(=O)N(Cc3ccco3)C2=O)cc1. The average molecular weight is 386 g/mol. The molecule has 1 N–H and O–H groups in total. The van der Waals surface area contributed by atoms with E-state index < -0.39 is 0 Å². The Bertz CT molecular complexity index is 1110. The monoisotopic (exact) mass is 386 g/mol. The summed E-state index contributed by atoms with van der Waals surface area (Å²) in [4.78, 5) is 27.7. The first kappa shape index (κ1) is 18.7. The zero-order valence-corrected chi connectivity index (χ0v) is 16.7. The van der Waals surface area contributed by atoms with Crippen molar-refractivity contribution in [2.45, 2.75) is 27.3 Å². The van der Waals surface area contributed by atoms with Crippen molar-refractivity contribution in [1.82, 2.24) is 4.90 Å². The van der Waals surface area contributed by atoms with E-state index in [-0.39, 0.29) is 24.1 Å². The van der Waals surface area contributed by atoms with Gasteiger partial charge in [-0.1, -0.05) is 41.5 Å². The highest BCUT2D eigenvalue weighted by Crippen LogP contribution is 2.33. The van der Waals surface area contributed by atoms with Gasteiger partial charge in [0.05, 0.1) is 18.4 Å². The van der Waals surface area contributed by atoms with Crippen LogP contribution >= 0.6 is 0 Å². The fraction of sp³-hybridized carbons (Fsp3) is 0.167. The van der Waals surface area contributed by atoms with Crippen LogP contribution in [0.3, 0.4) is 0 Å². The molecule has 3 aromatic rings. The smallest absolute Gasteiger partial charge is 0.278 e. The molecular formula is C24H22N2O3. The van der Waals surface area contributed by atoms with Crippen molar-refractivity contribution in [3.8, 4) is 0 Å². The van der Waals surface area contributed by atoms with Gasteiger partial charge < -0.3 is 9.73 Å². The number of hydrogen-bond acceptors (Lipinski definition) is 4. The van der Waals surface area contributed by atoms with E-state index in [0.717, 1.165) is 27.9 Å². The molecule has 0 fully saturated rings. The quantitative estimate of drug-likeness (QED) is 0.651. The lowest BCUT2D eigenvalue weighted by Gasteiger charge is -2.14. The third-order valence-corrected chi connectivity index (χ3v) is 5.03. The van der Waals surface area contributed by atoms with E-state index in [0.29, 0.717) is 11.3 Å². The van der Waals surface area contributed by atoms with Crippen LogP contribution in [0.25, 0.3) is 5.57 Å². The van der Waals surface area contributed by atoms with Crippen molar-refractivity contribution < 1.29 is 14.0 Å². The Balaban J connectivity index is 1.78. The van der Waals surface area contributed by atoms with Gasteiger partial charge in [0, 0.05) is 5.69 Å². The van der Waals surface area contributed by atoms with Gasteiger partial charge >= 0.3 is 0 Å². The van der Waals surface area contributed by atoms with Crippen LogP contribution in [0.15, 0.2) is 71.0 Å². The lowest BCUT2D eigenvalue weighted by Crippen LogP contribution is -2.31. The van der Waals surface area contributed by atoms with Gasteiger partial charge in [0.15, 0.2) is 0 Å². The molecule has 0 aliphatic carbocycles. The first-order valence-electron chi connectivity index (χ1n) is 9.48. The van der Waals surface area contributed by atoms with Crippen LogP contribution in [-0.2, 0) is 16.1 Å². The zero-order valence-electron chi connectivity index (χ0n) is 16.7. The van der Waals surface area contributed by atoms with E-state index in [4.69, 9.17) is 4.42 Å². The number of rotatable bonds is 5. The molecule has 1 aliphatic heterocycles. The molecule has 2 aromatic carbocycles. The number of amides is 2. The highest BCUT2D eigenvalue weighted by atomic mass is 16.3. The Morgan fingerprint density at radius 2 is 1.62 bits per heavy atom. The molecule has 2 amide bonds. The van der Waals surface area contributed by atoms with Crippen LogP contribution in [0.4, 0.5) is 5.69 Å². The second-order valence-corrected chi connectivity index (χ2v) is 7.34. The summed E-state index contributed by atoms with van der Waals surface area (Å²) in [5, 5.41) is 3.19. The number of anilines is 1. The van der Waals surface area contributed by atoms with Crippen LogP contribution < -0.4 is 5.32 Å². The highest BCUT2D eigenvalue weighted by Gasteiger charge is 2.40. The van der Waals surface area contributed by atoms with E-state index in [2.05, 4.69) is 5.32 Å². The standard InChI is InChI=1S/C24H22N2O3/c1-15-6-9-18(10-7-15)25-22-21(20-11-8-16(2)13-17(20)3)23(27)26(24(22)28)14-19-5-4-12-29-19/h4-13,25H,14H2,1-3H3. The topological polar surface area (TPSA) is 62.6 Å². The average Bonchev–Trinajstić information content (AvgIpc) is 3.28. The summed E-state index contributed by atoms with van der Waals surface area (Å²) >= 11 is 0. The van der Waals surface area contributed by atoms with Crippen LogP contribution in [0.5, 0.6) is 0 Å². The van der Waals surface area contributed by atoms with E-state index >= 15 is 0 Å². The lowest BCUT2D eigenvalue weighted by molar-refractivity contribution is -0.137. The second kappa shape index (κ2) is 7.43. The second-order valence-electron chi connectivity index (χ2n) is 7.34. The summed E-state index contributed by atoms with van der Waals surface area (Å²) < 4.78 is 5.35. The van der Waals surface area contributed by atoms with E-state index in [1.165, 1.54) is 11.2 Å². The van der Waals surface area contributed by atoms with Crippen LogP contribution in [0.2, 0.25) is 0 Å². The number of aryl methyl sites for hydroxylation is 3. The summed E-state index contributed by atoms with van der Waals surface area (Å²) in [5.41, 5.74) is 5.36. The van der Waals surface area contributed by atoms with E-state index in [9.17, 15) is 9.59 Å². The van der Waals surface area contributed by atoms with Crippen molar-refractivity contribution in [1.29, 1.82) is 0 Å². The molecule has 0 bridgehead atoms. The van der Waals surface area contributed by atoms with Crippen molar-refractivity contribution in [2.75, 3.05) is 5.32 Å². The molecular weight excluding hydrogens is 364 g/mol. The van der Waals surface area contributed by atoms with E-state index in [1.807, 2.05) is 63.2 Å². The van der Waals surface area contributed by atoms with Gasteiger partial charge in [-0.15, -0.1) is 0 Å². The molecule has 0 unspecified atom stereocenters. The predicted octanol–water partition coefficient (Wildman–Crippen LogP) is 4.60. The Kier molecular flexibility index (Phi) is 4.80. The maximum absolute atomic E-state index is 13.3. The van der Waals surface area contributed by atoms with Gasteiger partial charge in [-0.25, -0.2) is 0 Å². The molecule has 2 heterocycles. The number of benzene rings is 2. The van der Waals surface area contributed by atoms with Gasteiger partial charge in [0.1, 0.15) is 11.5 Å². The minimum atomic E-state index is -0.359. The molecule has 1 aromatic heterocycles. The molecule has 0 saturated heterocycles. The summed E-state index contributed by atoms with van der Waals surface area (Å²) in [7, 11) is 0. The third-order valence-electron chi connectivity index (χ3n) is 5.03. The largest absolute Gasteiger partial charge is 0.467 e.